The van der Waals surface area contributed by atoms with Gasteiger partial charge in [0.2, 0.25) is 0 Å². The maximum atomic E-state index is 5.82. The minimum atomic E-state index is -0.0492. The zero-order valence-corrected chi connectivity index (χ0v) is 10.7. The second-order valence-electron chi connectivity index (χ2n) is 4.01. The Morgan fingerprint density at radius 2 is 2.29 bits per heavy atom. The van der Waals surface area contributed by atoms with Gasteiger partial charge in [-0.1, -0.05) is 0 Å². The van der Waals surface area contributed by atoms with Crippen LogP contribution < -0.4 is 5.73 Å². The summed E-state index contributed by atoms with van der Waals surface area (Å²) < 4.78 is 8.16. The number of anilines is 1. The summed E-state index contributed by atoms with van der Waals surface area (Å²) in [4.78, 5) is 8.21. The topological polar surface area (TPSA) is 78.9 Å². The number of hydrogen-bond donors (Lipinski definition) is 1. The number of halogens is 1. The zero-order valence-electron chi connectivity index (χ0n) is 9.14. The van der Waals surface area contributed by atoms with Crippen LogP contribution in [-0.4, -0.2) is 26.4 Å². The molecular weight excluding hydrogens is 286 g/mol. The Morgan fingerprint density at radius 3 is 3.06 bits per heavy atom. The van der Waals surface area contributed by atoms with Crippen LogP contribution in [0, 0.1) is 0 Å². The van der Waals surface area contributed by atoms with Crippen molar-refractivity contribution in [3.8, 4) is 0 Å². The molecule has 2 N–H and O–H groups in total. The molecule has 1 atom stereocenters. The number of nitrogens with two attached hydrogens (primary N) is 1. The third-order valence-electron chi connectivity index (χ3n) is 2.90. The molecule has 0 saturated carbocycles. The van der Waals surface area contributed by atoms with E-state index in [-0.39, 0.29) is 6.23 Å². The fourth-order valence-electron chi connectivity index (χ4n) is 2.07. The van der Waals surface area contributed by atoms with Crippen molar-refractivity contribution in [1.82, 2.24) is 19.7 Å². The predicted molar refractivity (Wildman–Crippen MR) is 66.3 cm³/mol. The Labute approximate surface area is 106 Å². The molecule has 1 aliphatic heterocycles. The lowest BCUT2D eigenvalue weighted by molar-refractivity contribution is -0.0371. The van der Waals surface area contributed by atoms with Crippen LogP contribution in [0.3, 0.4) is 0 Å². The quantitative estimate of drug-likeness (QED) is 0.869. The largest absolute Gasteiger partial charge is 0.383 e. The van der Waals surface area contributed by atoms with Crippen molar-refractivity contribution >= 4 is 32.8 Å². The third-order valence-corrected chi connectivity index (χ3v) is 3.46. The van der Waals surface area contributed by atoms with E-state index < -0.39 is 0 Å². The number of aromatic nitrogens is 4. The molecule has 1 fully saturated rings. The first-order valence-electron chi connectivity index (χ1n) is 5.53. The van der Waals surface area contributed by atoms with Crippen molar-refractivity contribution in [3.05, 3.63) is 10.9 Å². The van der Waals surface area contributed by atoms with Gasteiger partial charge < -0.3 is 10.5 Å². The van der Waals surface area contributed by atoms with E-state index in [2.05, 4.69) is 31.0 Å². The van der Waals surface area contributed by atoms with Crippen molar-refractivity contribution < 1.29 is 4.74 Å². The van der Waals surface area contributed by atoms with Crippen molar-refractivity contribution in [3.63, 3.8) is 0 Å². The maximum Gasteiger partial charge on any atom is 0.167 e. The van der Waals surface area contributed by atoms with Crippen LogP contribution in [0.25, 0.3) is 11.0 Å². The van der Waals surface area contributed by atoms with Gasteiger partial charge in [-0.2, -0.15) is 5.10 Å². The first-order valence-corrected chi connectivity index (χ1v) is 6.32. The molecule has 1 unspecified atom stereocenters. The van der Waals surface area contributed by atoms with Gasteiger partial charge in [0.15, 0.2) is 11.9 Å². The SMILES string of the molecule is Nc1ncnc2c1c(Br)nn2C1CCCCO1. The van der Waals surface area contributed by atoms with Gasteiger partial charge in [0.1, 0.15) is 16.7 Å². The molecular formula is C10H12BrN5O. The molecule has 3 heterocycles. The summed E-state index contributed by atoms with van der Waals surface area (Å²) in [6.07, 6.45) is 4.60. The summed E-state index contributed by atoms with van der Waals surface area (Å²) in [5, 5.41) is 5.15. The Bertz CT molecular complexity index is 549. The molecule has 6 nitrogen and oxygen atoms in total. The number of nitrogens with zero attached hydrogens (tertiary/aromatic N) is 4. The first-order chi connectivity index (χ1) is 8.27. The van der Waals surface area contributed by atoms with Crippen molar-refractivity contribution in [1.29, 1.82) is 0 Å². The molecule has 0 radical (unpaired) electrons. The second kappa shape index (κ2) is 4.23. The molecule has 0 aromatic carbocycles. The van der Waals surface area contributed by atoms with E-state index in [9.17, 15) is 0 Å². The standard InChI is InChI=1S/C10H12BrN5O/c11-8-7-9(12)13-5-14-10(7)16(15-8)6-3-1-2-4-17-6/h5-6H,1-4H2,(H2,12,13,14). The zero-order chi connectivity index (χ0) is 11.8. The van der Waals surface area contributed by atoms with Crippen LogP contribution in [0.15, 0.2) is 10.9 Å². The van der Waals surface area contributed by atoms with E-state index in [0.29, 0.717) is 10.4 Å². The molecule has 2 aromatic rings. The van der Waals surface area contributed by atoms with Crippen LogP contribution in [0.4, 0.5) is 5.82 Å². The fraction of sp³-hybridized carbons (Fsp3) is 0.500. The van der Waals surface area contributed by atoms with E-state index in [1.54, 1.807) is 4.68 Å². The Kier molecular flexibility index (Phi) is 2.71. The van der Waals surface area contributed by atoms with Gasteiger partial charge in [-0.3, -0.25) is 0 Å². The predicted octanol–water partition coefficient (Wildman–Crippen LogP) is 1.87. The lowest BCUT2D eigenvalue weighted by Gasteiger charge is -2.22. The van der Waals surface area contributed by atoms with Crippen LogP contribution in [0.2, 0.25) is 0 Å². The summed E-state index contributed by atoms with van der Waals surface area (Å²) >= 11 is 3.39. The number of ether oxygens (including phenoxy) is 1. The number of rotatable bonds is 1. The maximum absolute atomic E-state index is 5.82. The van der Waals surface area contributed by atoms with E-state index in [1.807, 2.05) is 0 Å². The van der Waals surface area contributed by atoms with Gasteiger partial charge in [-0.05, 0) is 35.2 Å². The Morgan fingerprint density at radius 1 is 1.41 bits per heavy atom. The minimum Gasteiger partial charge on any atom is -0.383 e. The average Bonchev–Trinajstić information content (AvgIpc) is 2.69. The van der Waals surface area contributed by atoms with Crippen LogP contribution >= 0.6 is 15.9 Å². The van der Waals surface area contributed by atoms with Crippen molar-refractivity contribution in [2.45, 2.75) is 25.5 Å². The van der Waals surface area contributed by atoms with Gasteiger partial charge in [-0.25, -0.2) is 14.6 Å². The monoisotopic (exact) mass is 297 g/mol. The molecule has 17 heavy (non-hydrogen) atoms. The molecule has 90 valence electrons. The summed E-state index contributed by atoms with van der Waals surface area (Å²) in [6, 6.07) is 0. The normalized spacial score (nSPS) is 20.9. The molecule has 2 aromatic heterocycles. The van der Waals surface area contributed by atoms with Crippen molar-refractivity contribution in [2.75, 3.05) is 12.3 Å². The van der Waals surface area contributed by atoms with E-state index in [0.717, 1.165) is 36.9 Å². The summed E-state index contributed by atoms with van der Waals surface area (Å²) in [5.74, 6) is 0.434. The number of nitrogen functional groups attached to an aromatic ring is 1. The molecule has 0 bridgehead atoms. The van der Waals surface area contributed by atoms with E-state index in [4.69, 9.17) is 10.5 Å². The second-order valence-corrected chi connectivity index (χ2v) is 4.77. The third kappa shape index (κ3) is 1.79. The molecule has 0 spiro atoms. The highest BCUT2D eigenvalue weighted by Crippen LogP contribution is 2.30. The highest BCUT2D eigenvalue weighted by Gasteiger charge is 2.22. The Hall–Kier alpha value is -1.21. The smallest absolute Gasteiger partial charge is 0.167 e. The van der Waals surface area contributed by atoms with Crippen LogP contribution in [-0.2, 0) is 4.74 Å². The molecule has 1 aliphatic rings. The van der Waals surface area contributed by atoms with Gasteiger partial charge >= 0.3 is 0 Å². The Balaban J connectivity index is 2.13. The summed E-state index contributed by atoms with van der Waals surface area (Å²) in [6.45, 7) is 0.768. The lowest BCUT2D eigenvalue weighted by atomic mass is 10.2. The lowest BCUT2D eigenvalue weighted by Crippen LogP contribution is -2.19. The molecule has 1 saturated heterocycles. The van der Waals surface area contributed by atoms with Gasteiger partial charge in [0.05, 0.1) is 5.39 Å². The minimum absolute atomic E-state index is 0.0492. The highest BCUT2D eigenvalue weighted by molar-refractivity contribution is 9.10. The first kappa shape index (κ1) is 10.9. The highest BCUT2D eigenvalue weighted by atomic mass is 79.9. The average molecular weight is 298 g/mol. The van der Waals surface area contributed by atoms with Gasteiger partial charge in [0.25, 0.3) is 0 Å². The summed E-state index contributed by atoms with van der Waals surface area (Å²) in [5.41, 5.74) is 6.54. The van der Waals surface area contributed by atoms with Crippen LogP contribution in [0.1, 0.15) is 25.5 Å². The van der Waals surface area contributed by atoms with Gasteiger partial charge in [-0.15, -0.1) is 0 Å². The number of fused-ring (bicyclic) bond motifs is 1. The van der Waals surface area contributed by atoms with Gasteiger partial charge in [0, 0.05) is 6.61 Å². The van der Waals surface area contributed by atoms with Crippen LogP contribution in [0.5, 0.6) is 0 Å². The van der Waals surface area contributed by atoms with E-state index >= 15 is 0 Å². The molecule has 0 aliphatic carbocycles. The summed E-state index contributed by atoms with van der Waals surface area (Å²) in [7, 11) is 0. The molecule has 3 rings (SSSR count). The van der Waals surface area contributed by atoms with E-state index in [1.165, 1.54) is 6.33 Å². The van der Waals surface area contributed by atoms with Crippen molar-refractivity contribution in [2.24, 2.45) is 0 Å². The molecule has 7 heteroatoms. The fourth-order valence-corrected chi connectivity index (χ4v) is 2.62. The number of hydrogen-bond acceptors (Lipinski definition) is 5. The molecule has 0 amide bonds.